The Balaban J connectivity index is 2.11. The predicted molar refractivity (Wildman–Crippen MR) is 89.0 cm³/mol. The first kappa shape index (κ1) is 15.5. The van der Waals surface area contributed by atoms with Gasteiger partial charge < -0.3 is 9.47 Å². The summed E-state index contributed by atoms with van der Waals surface area (Å²) in [6.07, 6.45) is -0.147. The Bertz CT molecular complexity index is 935. The molecule has 0 saturated carbocycles. The smallest absolute Gasteiger partial charge is 0.327 e. The maximum atomic E-state index is 12.9. The van der Waals surface area contributed by atoms with Gasteiger partial charge in [0.05, 0.1) is 6.42 Å². The molecule has 0 amide bonds. The van der Waals surface area contributed by atoms with Gasteiger partial charge >= 0.3 is 11.9 Å². The highest BCUT2D eigenvalue weighted by molar-refractivity contribution is 6.31. The van der Waals surface area contributed by atoms with Crippen molar-refractivity contribution in [1.82, 2.24) is 0 Å². The number of esters is 2. The van der Waals surface area contributed by atoms with E-state index < -0.39 is 17.4 Å². The molecule has 0 aromatic heterocycles. The Kier molecular flexibility index (Phi) is 3.21. The van der Waals surface area contributed by atoms with Crippen LogP contribution in [-0.4, -0.2) is 11.9 Å². The summed E-state index contributed by atoms with van der Waals surface area (Å²) in [6.45, 7) is 3.59. The number of hydrogen-bond donors (Lipinski definition) is 0. The molecule has 1 unspecified atom stereocenters. The molecule has 2 aromatic rings. The molecule has 2 aromatic carbocycles. The van der Waals surface area contributed by atoms with Gasteiger partial charge in [-0.25, -0.2) is 0 Å². The summed E-state index contributed by atoms with van der Waals surface area (Å²) in [5.74, 6) is -0.196. The summed E-state index contributed by atoms with van der Waals surface area (Å²) < 4.78 is 10.9. The number of carbonyl (C=O) groups excluding carboxylic acids is 2. The molecule has 0 radical (unpaired) electrons. The fourth-order valence-corrected chi connectivity index (χ4v) is 4.08. The van der Waals surface area contributed by atoms with Gasteiger partial charge in [-0.1, -0.05) is 23.2 Å². The van der Waals surface area contributed by atoms with E-state index in [4.69, 9.17) is 32.7 Å². The van der Waals surface area contributed by atoms with Gasteiger partial charge in [0.1, 0.15) is 16.9 Å². The molecule has 4 rings (SSSR count). The molecule has 2 heterocycles. The average molecular weight is 363 g/mol. The first-order valence-corrected chi connectivity index (χ1v) is 8.13. The van der Waals surface area contributed by atoms with Crippen molar-refractivity contribution in [2.24, 2.45) is 0 Å². The van der Waals surface area contributed by atoms with Gasteiger partial charge in [0.2, 0.25) is 0 Å². The Morgan fingerprint density at radius 2 is 1.38 bits per heavy atom. The molecule has 2 aliphatic rings. The molecule has 4 nitrogen and oxygen atoms in total. The highest BCUT2D eigenvalue weighted by atomic mass is 35.5. The van der Waals surface area contributed by atoms with Crippen molar-refractivity contribution in [3.63, 3.8) is 0 Å². The van der Waals surface area contributed by atoms with Gasteiger partial charge in [-0.15, -0.1) is 0 Å². The fraction of sp³-hybridized carbons (Fsp3) is 0.222. The SMILES string of the molecule is Cc1cc(Cl)cc2c1OC(=O)CC21C(=O)Oc2c(C)cc(Cl)cc21. The fourth-order valence-electron chi connectivity index (χ4n) is 3.54. The lowest BCUT2D eigenvalue weighted by atomic mass is 9.71. The van der Waals surface area contributed by atoms with Crippen LogP contribution in [0, 0.1) is 13.8 Å². The minimum absolute atomic E-state index is 0.147. The second-order valence-corrected chi connectivity index (χ2v) is 7.02. The van der Waals surface area contributed by atoms with Gasteiger partial charge in [-0.2, -0.15) is 0 Å². The lowest BCUT2D eigenvalue weighted by Gasteiger charge is -2.32. The third-order valence-corrected chi connectivity index (χ3v) is 5.00. The van der Waals surface area contributed by atoms with E-state index in [1.807, 2.05) is 6.92 Å². The molecule has 0 aliphatic carbocycles. The van der Waals surface area contributed by atoms with Crippen LogP contribution in [0.15, 0.2) is 24.3 Å². The van der Waals surface area contributed by atoms with Gasteiger partial charge in [0, 0.05) is 21.2 Å². The Hall–Kier alpha value is -2.04. The first-order chi connectivity index (χ1) is 11.3. The van der Waals surface area contributed by atoms with Crippen LogP contribution in [-0.2, 0) is 15.0 Å². The van der Waals surface area contributed by atoms with Crippen LogP contribution >= 0.6 is 23.2 Å². The predicted octanol–water partition coefficient (Wildman–Crippen LogP) is 4.12. The molecule has 0 fully saturated rings. The maximum Gasteiger partial charge on any atom is 0.327 e. The van der Waals surface area contributed by atoms with Crippen LogP contribution in [0.4, 0.5) is 0 Å². The molecule has 24 heavy (non-hydrogen) atoms. The number of halogens is 2. The van der Waals surface area contributed by atoms with Gasteiger partial charge in [-0.05, 0) is 49.2 Å². The molecule has 1 atom stereocenters. The molecule has 0 saturated heterocycles. The van der Waals surface area contributed by atoms with E-state index in [-0.39, 0.29) is 6.42 Å². The zero-order valence-electron chi connectivity index (χ0n) is 12.9. The van der Waals surface area contributed by atoms with Gasteiger partial charge in [-0.3, -0.25) is 9.59 Å². The monoisotopic (exact) mass is 362 g/mol. The van der Waals surface area contributed by atoms with Crippen LogP contribution in [0.25, 0.3) is 0 Å². The topological polar surface area (TPSA) is 52.6 Å². The molecule has 0 N–H and O–H groups in total. The molecule has 2 aliphatic heterocycles. The minimum Gasteiger partial charge on any atom is -0.426 e. The van der Waals surface area contributed by atoms with Crippen LogP contribution in [0.1, 0.15) is 28.7 Å². The summed E-state index contributed by atoms with van der Waals surface area (Å²) in [6, 6.07) is 6.74. The number of benzene rings is 2. The van der Waals surface area contributed by atoms with E-state index in [2.05, 4.69) is 0 Å². The standard InChI is InChI=1S/C18H12Cl2O4/c1-8-3-10(19)5-12-15(8)23-14(21)7-18(12)13-6-11(20)4-9(2)16(13)24-17(18)22/h3-6H,7H2,1-2H3. The number of rotatable bonds is 0. The third kappa shape index (κ3) is 1.93. The number of aryl methyl sites for hydroxylation is 2. The zero-order valence-corrected chi connectivity index (χ0v) is 14.4. The van der Waals surface area contributed by atoms with Crippen LogP contribution in [0.5, 0.6) is 11.5 Å². The lowest BCUT2D eigenvalue weighted by molar-refractivity contribution is -0.145. The van der Waals surface area contributed by atoms with Gasteiger partial charge in [0.25, 0.3) is 0 Å². The Labute approximate surface area is 148 Å². The van der Waals surface area contributed by atoms with Crippen LogP contribution in [0.2, 0.25) is 10.0 Å². The summed E-state index contributed by atoms with van der Waals surface area (Å²) >= 11 is 12.4. The first-order valence-electron chi connectivity index (χ1n) is 7.37. The second kappa shape index (κ2) is 4.98. The minimum atomic E-state index is -1.27. The van der Waals surface area contributed by atoms with E-state index >= 15 is 0 Å². The molecule has 122 valence electrons. The highest BCUT2D eigenvalue weighted by Gasteiger charge is 2.56. The zero-order chi connectivity index (χ0) is 17.2. The second-order valence-electron chi connectivity index (χ2n) is 6.14. The van der Waals surface area contributed by atoms with Crippen molar-refractivity contribution in [3.05, 3.63) is 56.6 Å². The van der Waals surface area contributed by atoms with Crippen molar-refractivity contribution in [3.8, 4) is 11.5 Å². The van der Waals surface area contributed by atoms with Crippen molar-refractivity contribution in [1.29, 1.82) is 0 Å². The van der Waals surface area contributed by atoms with Crippen molar-refractivity contribution < 1.29 is 19.1 Å². The van der Waals surface area contributed by atoms with E-state index in [1.165, 1.54) is 0 Å². The summed E-state index contributed by atoms with van der Waals surface area (Å²) in [5, 5.41) is 0.937. The van der Waals surface area contributed by atoms with Crippen molar-refractivity contribution in [2.45, 2.75) is 25.7 Å². The Morgan fingerprint density at radius 3 is 1.92 bits per heavy atom. The highest BCUT2D eigenvalue weighted by Crippen LogP contribution is 2.54. The molecule has 6 heteroatoms. The molecular formula is C18H12Cl2O4. The van der Waals surface area contributed by atoms with Crippen molar-refractivity contribution in [2.75, 3.05) is 0 Å². The van der Waals surface area contributed by atoms with Crippen LogP contribution < -0.4 is 9.47 Å². The number of carbonyl (C=O) groups is 2. The third-order valence-electron chi connectivity index (χ3n) is 4.57. The largest absolute Gasteiger partial charge is 0.426 e. The number of fused-ring (bicyclic) bond motifs is 4. The van der Waals surface area contributed by atoms with E-state index in [0.717, 1.165) is 5.56 Å². The normalized spacial score (nSPS) is 21.3. The number of ether oxygens (including phenoxy) is 2. The van der Waals surface area contributed by atoms with Crippen molar-refractivity contribution >= 4 is 35.1 Å². The van der Waals surface area contributed by atoms with E-state index in [0.29, 0.717) is 38.2 Å². The summed E-state index contributed by atoms with van der Waals surface area (Å²) in [4.78, 5) is 25.1. The maximum absolute atomic E-state index is 12.9. The molecule has 1 spiro atoms. The van der Waals surface area contributed by atoms with Gasteiger partial charge in [0.15, 0.2) is 0 Å². The van der Waals surface area contributed by atoms with E-state index in [9.17, 15) is 9.59 Å². The summed E-state index contributed by atoms with van der Waals surface area (Å²) in [5.41, 5.74) is 1.27. The quantitative estimate of drug-likeness (QED) is 0.522. The average Bonchev–Trinajstić information content (AvgIpc) is 2.75. The van der Waals surface area contributed by atoms with Crippen LogP contribution in [0.3, 0.4) is 0 Å². The Morgan fingerprint density at radius 1 is 0.875 bits per heavy atom. The summed E-state index contributed by atoms with van der Waals surface area (Å²) in [7, 11) is 0. The lowest BCUT2D eigenvalue weighted by Crippen LogP contribution is -2.42. The number of hydrogen-bond acceptors (Lipinski definition) is 4. The molecule has 0 bridgehead atoms. The molecular weight excluding hydrogens is 351 g/mol. The van der Waals surface area contributed by atoms with E-state index in [1.54, 1.807) is 31.2 Å².